The van der Waals surface area contributed by atoms with E-state index in [-0.39, 0.29) is 17.3 Å². The van der Waals surface area contributed by atoms with Crippen molar-refractivity contribution in [2.45, 2.75) is 71.5 Å². The number of hydrogen-bond acceptors (Lipinski definition) is 4. The molecule has 214 valence electrons. The van der Waals surface area contributed by atoms with E-state index in [4.69, 9.17) is 11.6 Å². The number of rotatable bonds is 9. The Morgan fingerprint density at radius 3 is 2.17 bits per heavy atom. The summed E-state index contributed by atoms with van der Waals surface area (Å²) in [6.45, 7) is 12.4. The molecule has 3 aromatic rings. The van der Waals surface area contributed by atoms with E-state index < -0.39 is 34.1 Å². The number of benzene rings is 3. The molecule has 0 saturated heterocycles. The standard InChI is InChI=1S/C31H38ClN3O4S/c1-21-11-15-27(16-12-21)40(38,39)35(28-18-26(32)14-13-23(28)3)20-29(36)34(19-25-10-8-9-22(2)17-25)24(4)30(37)33-31(5,6)7/h8-18,24H,19-20H2,1-7H3,(H,33,37). The molecule has 1 atom stereocenters. The number of amides is 2. The number of hydrogen-bond donors (Lipinski definition) is 1. The molecule has 2 amide bonds. The van der Waals surface area contributed by atoms with Gasteiger partial charge in [-0.3, -0.25) is 13.9 Å². The van der Waals surface area contributed by atoms with Gasteiger partial charge in [-0.2, -0.15) is 0 Å². The molecule has 0 fully saturated rings. The fourth-order valence-electron chi connectivity index (χ4n) is 4.27. The summed E-state index contributed by atoms with van der Waals surface area (Å²) in [4.78, 5) is 28.7. The molecule has 0 aliphatic carbocycles. The molecule has 9 heteroatoms. The predicted octanol–water partition coefficient (Wildman–Crippen LogP) is 5.79. The van der Waals surface area contributed by atoms with Crippen molar-refractivity contribution in [3.05, 3.63) is 94.0 Å². The van der Waals surface area contributed by atoms with Crippen LogP contribution in [0, 0.1) is 20.8 Å². The molecule has 3 aromatic carbocycles. The second-order valence-electron chi connectivity index (χ2n) is 11.2. The van der Waals surface area contributed by atoms with Crippen molar-refractivity contribution < 1.29 is 18.0 Å². The lowest BCUT2D eigenvalue weighted by atomic mass is 10.1. The van der Waals surface area contributed by atoms with Crippen molar-refractivity contribution in [1.82, 2.24) is 10.2 Å². The zero-order chi connectivity index (χ0) is 29.8. The Balaban J connectivity index is 2.08. The van der Waals surface area contributed by atoms with Crippen LogP contribution >= 0.6 is 11.6 Å². The van der Waals surface area contributed by atoms with E-state index in [1.54, 1.807) is 38.1 Å². The van der Waals surface area contributed by atoms with E-state index in [1.165, 1.54) is 23.1 Å². The summed E-state index contributed by atoms with van der Waals surface area (Å²) in [7, 11) is -4.17. The Bertz CT molecular complexity index is 1480. The molecule has 0 aliphatic heterocycles. The number of carbonyl (C=O) groups is 2. The first-order valence-corrected chi connectivity index (χ1v) is 14.9. The highest BCUT2D eigenvalue weighted by molar-refractivity contribution is 7.92. The molecule has 0 radical (unpaired) electrons. The minimum absolute atomic E-state index is 0.0500. The third-order valence-electron chi connectivity index (χ3n) is 6.43. The molecule has 0 spiro atoms. The number of sulfonamides is 1. The Morgan fingerprint density at radius 1 is 0.925 bits per heavy atom. The molecule has 1 unspecified atom stereocenters. The summed E-state index contributed by atoms with van der Waals surface area (Å²) in [5.41, 5.74) is 3.16. The monoisotopic (exact) mass is 583 g/mol. The predicted molar refractivity (Wildman–Crippen MR) is 161 cm³/mol. The van der Waals surface area contributed by atoms with Crippen molar-refractivity contribution in [2.75, 3.05) is 10.8 Å². The molecule has 40 heavy (non-hydrogen) atoms. The fourth-order valence-corrected chi connectivity index (χ4v) is 5.90. The molecule has 0 bridgehead atoms. The third kappa shape index (κ3) is 7.86. The molecular formula is C31H38ClN3O4S. The summed E-state index contributed by atoms with van der Waals surface area (Å²) < 4.78 is 29.1. The van der Waals surface area contributed by atoms with Crippen LogP contribution in [0.4, 0.5) is 5.69 Å². The Kier molecular flexibility index (Phi) is 9.69. The van der Waals surface area contributed by atoms with Crippen molar-refractivity contribution >= 4 is 39.1 Å². The average Bonchev–Trinajstić information content (AvgIpc) is 2.86. The van der Waals surface area contributed by atoms with Gasteiger partial charge in [0, 0.05) is 17.1 Å². The lowest BCUT2D eigenvalue weighted by Gasteiger charge is -2.34. The zero-order valence-corrected chi connectivity index (χ0v) is 25.7. The molecule has 1 N–H and O–H groups in total. The van der Waals surface area contributed by atoms with Crippen LogP contribution in [0.25, 0.3) is 0 Å². The maximum atomic E-state index is 14.1. The van der Waals surface area contributed by atoms with Gasteiger partial charge in [-0.1, -0.05) is 65.2 Å². The largest absolute Gasteiger partial charge is 0.350 e. The SMILES string of the molecule is Cc1ccc(S(=O)(=O)N(CC(=O)N(Cc2cccc(C)c2)C(C)C(=O)NC(C)(C)C)c2cc(Cl)ccc2C)cc1. The fraction of sp³-hybridized carbons (Fsp3) is 0.355. The quantitative estimate of drug-likeness (QED) is 0.345. The van der Waals surface area contributed by atoms with Crippen LogP contribution in [-0.2, 0) is 26.2 Å². The Hall–Kier alpha value is -3.36. The van der Waals surface area contributed by atoms with E-state index in [0.717, 1.165) is 21.0 Å². The number of halogens is 1. The maximum Gasteiger partial charge on any atom is 0.264 e. The molecular weight excluding hydrogens is 546 g/mol. The van der Waals surface area contributed by atoms with Gasteiger partial charge in [0.25, 0.3) is 10.0 Å². The first kappa shape index (κ1) is 31.2. The summed E-state index contributed by atoms with van der Waals surface area (Å²) >= 11 is 6.28. The van der Waals surface area contributed by atoms with E-state index >= 15 is 0 Å². The maximum absolute atomic E-state index is 14.1. The van der Waals surface area contributed by atoms with Crippen LogP contribution in [0.5, 0.6) is 0 Å². The van der Waals surface area contributed by atoms with Crippen LogP contribution < -0.4 is 9.62 Å². The molecule has 0 aromatic heterocycles. The molecule has 0 heterocycles. The smallest absolute Gasteiger partial charge is 0.264 e. The van der Waals surface area contributed by atoms with Gasteiger partial charge in [-0.15, -0.1) is 0 Å². The van der Waals surface area contributed by atoms with Gasteiger partial charge in [-0.25, -0.2) is 8.42 Å². The molecule has 0 saturated carbocycles. The first-order chi connectivity index (χ1) is 18.6. The van der Waals surface area contributed by atoms with Gasteiger partial charge in [0.05, 0.1) is 10.6 Å². The number of nitrogens with zero attached hydrogens (tertiary/aromatic N) is 2. The third-order valence-corrected chi connectivity index (χ3v) is 8.44. The van der Waals surface area contributed by atoms with E-state index in [0.29, 0.717) is 16.3 Å². The highest BCUT2D eigenvalue weighted by atomic mass is 35.5. The summed E-state index contributed by atoms with van der Waals surface area (Å²) in [5.74, 6) is -0.853. The van der Waals surface area contributed by atoms with Crippen molar-refractivity contribution in [3.63, 3.8) is 0 Å². The first-order valence-electron chi connectivity index (χ1n) is 13.1. The van der Waals surface area contributed by atoms with Gasteiger partial charge in [0.1, 0.15) is 12.6 Å². The summed E-state index contributed by atoms with van der Waals surface area (Å²) in [6, 6.07) is 18.2. The molecule has 3 rings (SSSR count). The number of carbonyl (C=O) groups excluding carboxylic acids is 2. The minimum Gasteiger partial charge on any atom is -0.350 e. The number of aryl methyl sites for hydroxylation is 3. The van der Waals surface area contributed by atoms with Crippen LogP contribution in [0.1, 0.15) is 49.9 Å². The van der Waals surface area contributed by atoms with Crippen molar-refractivity contribution in [3.8, 4) is 0 Å². The van der Waals surface area contributed by atoms with Crippen LogP contribution in [0.2, 0.25) is 5.02 Å². The second-order valence-corrected chi connectivity index (χ2v) is 13.5. The van der Waals surface area contributed by atoms with Crippen LogP contribution in [0.3, 0.4) is 0 Å². The van der Waals surface area contributed by atoms with Gasteiger partial charge in [0.2, 0.25) is 11.8 Å². The van der Waals surface area contributed by atoms with Gasteiger partial charge in [0.15, 0.2) is 0 Å². The van der Waals surface area contributed by atoms with E-state index in [2.05, 4.69) is 5.32 Å². The molecule has 0 aliphatic rings. The number of anilines is 1. The Morgan fingerprint density at radius 2 is 1.57 bits per heavy atom. The van der Waals surface area contributed by atoms with Gasteiger partial charge < -0.3 is 10.2 Å². The van der Waals surface area contributed by atoms with Gasteiger partial charge in [-0.05, 0) is 83.9 Å². The average molecular weight is 584 g/mol. The lowest BCUT2D eigenvalue weighted by Crippen LogP contribution is -2.54. The molecule has 7 nitrogen and oxygen atoms in total. The zero-order valence-electron chi connectivity index (χ0n) is 24.2. The highest BCUT2D eigenvalue weighted by Gasteiger charge is 2.34. The highest BCUT2D eigenvalue weighted by Crippen LogP contribution is 2.30. The number of nitrogens with one attached hydrogen (secondary N) is 1. The van der Waals surface area contributed by atoms with Gasteiger partial charge >= 0.3 is 0 Å². The van der Waals surface area contributed by atoms with E-state index in [9.17, 15) is 18.0 Å². The summed E-state index contributed by atoms with van der Waals surface area (Å²) in [6.07, 6.45) is 0. The lowest BCUT2D eigenvalue weighted by molar-refractivity contribution is -0.140. The van der Waals surface area contributed by atoms with Crippen LogP contribution in [-0.4, -0.2) is 43.3 Å². The minimum atomic E-state index is -4.17. The van der Waals surface area contributed by atoms with Crippen molar-refractivity contribution in [1.29, 1.82) is 0 Å². The van der Waals surface area contributed by atoms with Crippen molar-refractivity contribution in [2.24, 2.45) is 0 Å². The second kappa shape index (κ2) is 12.4. The summed E-state index contributed by atoms with van der Waals surface area (Å²) in [5, 5.41) is 3.27. The Labute approximate surface area is 243 Å². The van der Waals surface area contributed by atoms with Crippen LogP contribution in [0.15, 0.2) is 71.6 Å². The normalized spacial score (nSPS) is 12.5. The van der Waals surface area contributed by atoms with E-state index in [1.807, 2.05) is 58.9 Å². The topological polar surface area (TPSA) is 86.8 Å².